The van der Waals surface area contributed by atoms with Gasteiger partial charge in [-0.2, -0.15) is 0 Å². The maximum Gasteiger partial charge on any atom is 0.277 e. The van der Waals surface area contributed by atoms with Crippen molar-refractivity contribution in [1.82, 2.24) is 15.5 Å². The number of aromatic nitrogens is 2. The zero-order valence-electron chi connectivity index (χ0n) is 16.4. The summed E-state index contributed by atoms with van der Waals surface area (Å²) in [6, 6.07) is 15.2. The molecule has 3 aromatic rings. The Labute approximate surface area is 173 Å². The van der Waals surface area contributed by atoms with Crippen molar-refractivity contribution < 1.29 is 18.7 Å². The van der Waals surface area contributed by atoms with Crippen molar-refractivity contribution in [3.05, 3.63) is 54.1 Å². The highest BCUT2D eigenvalue weighted by molar-refractivity contribution is 7.99. The fraction of sp³-hybridized carbons (Fsp3) is 0.286. The molecule has 3 rings (SSSR count). The smallest absolute Gasteiger partial charge is 0.277 e. The van der Waals surface area contributed by atoms with Crippen LogP contribution in [0.4, 0.5) is 0 Å². The molecule has 0 bridgehead atoms. The number of rotatable bonds is 10. The molecular formula is C21H23N3O4S. The molecule has 0 radical (unpaired) electrons. The molecule has 7 nitrogen and oxygen atoms in total. The van der Waals surface area contributed by atoms with E-state index in [9.17, 15) is 4.79 Å². The second-order valence-electron chi connectivity index (χ2n) is 6.03. The molecule has 1 N–H and O–H groups in total. The van der Waals surface area contributed by atoms with Gasteiger partial charge in [0.25, 0.3) is 5.22 Å². The summed E-state index contributed by atoms with van der Waals surface area (Å²) in [6.07, 6.45) is 0.697. The minimum Gasteiger partial charge on any atom is -0.496 e. The van der Waals surface area contributed by atoms with Crippen LogP contribution in [0.15, 0.2) is 58.2 Å². The van der Waals surface area contributed by atoms with Crippen molar-refractivity contribution in [2.75, 3.05) is 26.0 Å². The van der Waals surface area contributed by atoms with Crippen LogP contribution in [0.25, 0.3) is 11.5 Å². The molecule has 0 atom stereocenters. The molecule has 8 heteroatoms. The lowest BCUT2D eigenvalue weighted by Gasteiger charge is -2.08. The Kier molecular flexibility index (Phi) is 7.52. The van der Waals surface area contributed by atoms with Crippen LogP contribution < -0.4 is 14.8 Å². The molecule has 152 valence electrons. The first kappa shape index (κ1) is 20.7. The molecule has 1 aromatic heterocycles. The van der Waals surface area contributed by atoms with Crippen molar-refractivity contribution in [1.29, 1.82) is 0 Å². The summed E-state index contributed by atoms with van der Waals surface area (Å²) in [6.45, 7) is 3.08. The Morgan fingerprint density at radius 3 is 2.69 bits per heavy atom. The predicted octanol–water partition coefficient (Wildman–Crippen LogP) is 3.59. The standard InChI is InChI=1S/C21H23N3O4S/c1-3-27-17-10-8-16(9-11-17)20-23-24-21(28-20)29-14-19(25)22-13-12-15-6-4-5-7-18(15)26-2/h4-11H,3,12-14H2,1-2H3,(H,22,25). The number of thioether (sulfide) groups is 1. The van der Waals surface area contributed by atoms with E-state index in [1.165, 1.54) is 11.8 Å². The van der Waals surface area contributed by atoms with Gasteiger partial charge in [0.2, 0.25) is 11.8 Å². The van der Waals surface area contributed by atoms with Gasteiger partial charge in [-0.05, 0) is 49.2 Å². The van der Waals surface area contributed by atoms with E-state index in [1.54, 1.807) is 7.11 Å². The normalized spacial score (nSPS) is 10.6. The highest BCUT2D eigenvalue weighted by Crippen LogP contribution is 2.25. The minimum atomic E-state index is -0.0919. The largest absolute Gasteiger partial charge is 0.496 e. The number of hydrogen-bond donors (Lipinski definition) is 1. The second-order valence-corrected chi connectivity index (χ2v) is 6.96. The summed E-state index contributed by atoms with van der Waals surface area (Å²) in [4.78, 5) is 12.1. The van der Waals surface area contributed by atoms with Gasteiger partial charge in [-0.3, -0.25) is 4.79 Å². The van der Waals surface area contributed by atoms with E-state index < -0.39 is 0 Å². The molecule has 2 aromatic carbocycles. The lowest BCUT2D eigenvalue weighted by atomic mass is 10.1. The summed E-state index contributed by atoms with van der Waals surface area (Å²) < 4.78 is 16.4. The first-order valence-corrected chi connectivity index (χ1v) is 10.3. The van der Waals surface area contributed by atoms with Crippen LogP contribution in [0.1, 0.15) is 12.5 Å². The summed E-state index contributed by atoms with van der Waals surface area (Å²) in [5, 5.41) is 11.3. The fourth-order valence-electron chi connectivity index (χ4n) is 2.67. The average Bonchev–Trinajstić information content (AvgIpc) is 3.22. The molecule has 1 heterocycles. The lowest BCUT2D eigenvalue weighted by Crippen LogP contribution is -2.27. The van der Waals surface area contributed by atoms with Gasteiger partial charge in [0.05, 0.1) is 19.5 Å². The molecular weight excluding hydrogens is 390 g/mol. The fourth-order valence-corrected chi connectivity index (χ4v) is 3.26. The van der Waals surface area contributed by atoms with Crippen LogP contribution in [0.3, 0.4) is 0 Å². The van der Waals surface area contributed by atoms with Gasteiger partial charge in [-0.1, -0.05) is 30.0 Å². The van der Waals surface area contributed by atoms with Gasteiger partial charge >= 0.3 is 0 Å². The zero-order valence-corrected chi connectivity index (χ0v) is 17.2. The minimum absolute atomic E-state index is 0.0919. The Balaban J connectivity index is 1.45. The molecule has 1 amide bonds. The number of nitrogens with zero attached hydrogens (tertiary/aromatic N) is 2. The Morgan fingerprint density at radius 2 is 1.93 bits per heavy atom. The highest BCUT2D eigenvalue weighted by atomic mass is 32.2. The van der Waals surface area contributed by atoms with E-state index in [4.69, 9.17) is 13.9 Å². The molecule has 0 aliphatic heterocycles. The van der Waals surface area contributed by atoms with Crippen molar-refractivity contribution in [3.63, 3.8) is 0 Å². The van der Waals surface area contributed by atoms with Crippen molar-refractivity contribution in [3.8, 4) is 23.0 Å². The third-order valence-corrected chi connectivity index (χ3v) is 4.87. The first-order chi connectivity index (χ1) is 14.2. The number of benzene rings is 2. The number of nitrogens with one attached hydrogen (secondary N) is 1. The number of amides is 1. The predicted molar refractivity (Wildman–Crippen MR) is 111 cm³/mol. The van der Waals surface area contributed by atoms with Crippen molar-refractivity contribution >= 4 is 17.7 Å². The van der Waals surface area contributed by atoms with E-state index in [0.29, 0.717) is 30.7 Å². The molecule has 0 aliphatic rings. The Hall–Kier alpha value is -3.00. The monoisotopic (exact) mass is 413 g/mol. The first-order valence-electron chi connectivity index (χ1n) is 9.27. The van der Waals surface area contributed by atoms with Crippen molar-refractivity contribution in [2.24, 2.45) is 0 Å². The SMILES string of the molecule is CCOc1ccc(-c2nnc(SCC(=O)NCCc3ccccc3OC)o2)cc1. The number of para-hydroxylation sites is 1. The number of carbonyl (C=O) groups is 1. The lowest BCUT2D eigenvalue weighted by molar-refractivity contribution is -0.118. The number of ether oxygens (including phenoxy) is 2. The molecule has 0 aliphatic carbocycles. The van der Waals surface area contributed by atoms with Crippen LogP contribution in [-0.4, -0.2) is 42.1 Å². The maximum absolute atomic E-state index is 12.1. The molecule has 0 saturated heterocycles. The summed E-state index contributed by atoms with van der Waals surface area (Å²) in [7, 11) is 1.64. The van der Waals surface area contributed by atoms with Gasteiger partial charge in [0, 0.05) is 12.1 Å². The van der Waals surface area contributed by atoms with Gasteiger partial charge in [0.15, 0.2) is 0 Å². The Morgan fingerprint density at radius 1 is 1.14 bits per heavy atom. The average molecular weight is 413 g/mol. The van der Waals surface area contributed by atoms with Crippen LogP contribution in [0.5, 0.6) is 11.5 Å². The second kappa shape index (κ2) is 10.5. The summed E-state index contributed by atoms with van der Waals surface area (Å²) in [5.74, 6) is 2.13. The van der Waals surface area contributed by atoms with Crippen LogP contribution in [0, 0.1) is 0 Å². The van der Waals surface area contributed by atoms with E-state index in [-0.39, 0.29) is 11.7 Å². The summed E-state index contributed by atoms with van der Waals surface area (Å²) in [5.41, 5.74) is 1.86. The van der Waals surface area contributed by atoms with Gasteiger partial charge in [0.1, 0.15) is 11.5 Å². The van der Waals surface area contributed by atoms with Gasteiger partial charge in [-0.25, -0.2) is 0 Å². The molecule has 0 unspecified atom stereocenters. The van der Waals surface area contributed by atoms with Gasteiger partial charge in [-0.15, -0.1) is 10.2 Å². The van der Waals surface area contributed by atoms with E-state index >= 15 is 0 Å². The maximum atomic E-state index is 12.1. The molecule has 29 heavy (non-hydrogen) atoms. The van der Waals surface area contributed by atoms with Gasteiger partial charge < -0.3 is 19.2 Å². The van der Waals surface area contributed by atoms with E-state index in [0.717, 1.165) is 22.6 Å². The zero-order chi connectivity index (χ0) is 20.5. The topological polar surface area (TPSA) is 86.5 Å². The highest BCUT2D eigenvalue weighted by Gasteiger charge is 2.11. The molecule has 0 saturated carbocycles. The summed E-state index contributed by atoms with van der Waals surface area (Å²) >= 11 is 1.21. The number of hydrogen-bond acceptors (Lipinski definition) is 7. The van der Waals surface area contributed by atoms with Crippen molar-refractivity contribution in [2.45, 2.75) is 18.6 Å². The Bertz CT molecular complexity index is 928. The molecule has 0 fully saturated rings. The molecule has 0 spiro atoms. The van der Waals surface area contributed by atoms with E-state index in [2.05, 4.69) is 15.5 Å². The third-order valence-electron chi connectivity index (χ3n) is 4.05. The number of methoxy groups -OCH3 is 1. The number of carbonyl (C=O) groups excluding carboxylic acids is 1. The van der Waals surface area contributed by atoms with Crippen LogP contribution >= 0.6 is 11.8 Å². The third kappa shape index (κ3) is 5.99. The van der Waals surface area contributed by atoms with Crippen LogP contribution in [0.2, 0.25) is 0 Å². The quantitative estimate of drug-likeness (QED) is 0.508. The van der Waals surface area contributed by atoms with Crippen LogP contribution in [-0.2, 0) is 11.2 Å². The van der Waals surface area contributed by atoms with E-state index in [1.807, 2.05) is 55.5 Å².